The topological polar surface area (TPSA) is 36.4 Å². The molecule has 0 saturated carbocycles. The van der Waals surface area contributed by atoms with Crippen molar-refractivity contribution < 1.29 is 4.39 Å². The number of unbranched alkanes of at least 4 members (excludes halogenated alkanes) is 1. The van der Waals surface area contributed by atoms with E-state index in [1.165, 1.54) is 12.1 Å². The maximum atomic E-state index is 12.8. The number of benzene rings is 1. The quantitative estimate of drug-likeness (QED) is 0.345. The summed E-state index contributed by atoms with van der Waals surface area (Å²) in [4.78, 5) is 4.46. The second kappa shape index (κ2) is 11.0. The second-order valence-electron chi connectivity index (χ2n) is 4.10. The number of nitrogens with one attached hydrogen (secondary N) is 2. The Hall–Kier alpha value is -0.850. The molecule has 1 aromatic carbocycles. The van der Waals surface area contributed by atoms with Gasteiger partial charge in [-0.05, 0) is 31.0 Å². The highest BCUT2D eigenvalue weighted by Crippen LogP contribution is 2.03. The Labute approximate surface area is 132 Å². The monoisotopic (exact) mass is 379 g/mol. The minimum atomic E-state index is -0.212. The third kappa shape index (κ3) is 8.02. The van der Waals surface area contributed by atoms with Crippen LogP contribution in [0.15, 0.2) is 29.3 Å². The van der Waals surface area contributed by atoms with Crippen molar-refractivity contribution in [3.63, 3.8) is 0 Å². The number of hydrogen-bond acceptors (Lipinski definition) is 1. The summed E-state index contributed by atoms with van der Waals surface area (Å²) in [6, 6.07) is 6.44. The molecule has 0 aliphatic rings. The fourth-order valence-electron chi connectivity index (χ4n) is 1.49. The molecule has 5 heteroatoms. The van der Waals surface area contributed by atoms with E-state index in [1.54, 1.807) is 12.1 Å². The van der Waals surface area contributed by atoms with E-state index in [-0.39, 0.29) is 29.8 Å². The predicted octanol–water partition coefficient (Wildman–Crippen LogP) is 3.30. The Morgan fingerprint density at radius 1 is 1.16 bits per heavy atom. The summed E-state index contributed by atoms with van der Waals surface area (Å²) in [5, 5.41) is 6.46. The lowest BCUT2D eigenvalue weighted by atomic mass is 10.2. The van der Waals surface area contributed by atoms with Gasteiger partial charge in [-0.3, -0.25) is 0 Å². The van der Waals surface area contributed by atoms with Crippen LogP contribution in [0.4, 0.5) is 4.39 Å². The summed E-state index contributed by atoms with van der Waals surface area (Å²) in [7, 11) is 0. The van der Waals surface area contributed by atoms with Gasteiger partial charge in [0.15, 0.2) is 5.96 Å². The van der Waals surface area contributed by atoms with Gasteiger partial charge in [-0.15, -0.1) is 24.0 Å². The summed E-state index contributed by atoms with van der Waals surface area (Å²) in [6.07, 6.45) is 2.28. The zero-order valence-corrected chi connectivity index (χ0v) is 13.9. The highest BCUT2D eigenvalue weighted by Gasteiger charge is 1.97. The Morgan fingerprint density at radius 3 is 2.42 bits per heavy atom. The van der Waals surface area contributed by atoms with Crippen molar-refractivity contribution in [2.75, 3.05) is 13.1 Å². The highest BCUT2D eigenvalue weighted by molar-refractivity contribution is 14.0. The van der Waals surface area contributed by atoms with Crippen LogP contribution in [0.5, 0.6) is 0 Å². The number of aliphatic imine (C=N–C) groups is 1. The van der Waals surface area contributed by atoms with Crippen molar-refractivity contribution >= 4 is 29.9 Å². The van der Waals surface area contributed by atoms with Gasteiger partial charge in [0.05, 0.1) is 6.54 Å². The number of guanidine groups is 1. The van der Waals surface area contributed by atoms with E-state index in [9.17, 15) is 4.39 Å². The first kappa shape index (κ1) is 18.1. The molecule has 0 aliphatic carbocycles. The average Bonchev–Trinajstić information content (AvgIpc) is 2.38. The van der Waals surface area contributed by atoms with Gasteiger partial charge in [-0.2, -0.15) is 0 Å². The minimum Gasteiger partial charge on any atom is -0.357 e. The van der Waals surface area contributed by atoms with Crippen LogP contribution in [0, 0.1) is 5.82 Å². The van der Waals surface area contributed by atoms with E-state index in [2.05, 4.69) is 22.5 Å². The van der Waals surface area contributed by atoms with E-state index in [0.29, 0.717) is 6.54 Å². The van der Waals surface area contributed by atoms with Crippen LogP contribution < -0.4 is 10.6 Å². The summed E-state index contributed by atoms with van der Waals surface area (Å²) in [5.41, 5.74) is 1.00. The van der Waals surface area contributed by atoms with Crippen LogP contribution in [0.25, 0.3) is 0 Å². The fraction of sp³-hybridized carbons (Fsp3) is 0.500. The molecule has 108 valence electrons. The second-order valence-corrected chi connectivity index (χ2v) is 4.10. The molecule has 0 atom stereocenters. The van der Waals surface area contributed by atoms with E-state index >= 15 is 0 Å². The van der Waals surface area contributed by atoms with Crippen LogP contribution >= 0.6 is 24.0 Å². The third-order valence-corrected chi connectivity index (χ3v) is 2.50. The standard InChI is InChI=1S/C14H22FN3.HI/c1-3-5-10-17-14(16-4-2)18-11-12-6-8-13(15)9-7-12;/h6-9H,3-5,10-11H2,1-2H3,(H2,16,17,18);1H. The van der Waals surface area contributed by atoms with Crippen molar-refractivity contribution in [1.29, 1.82) is 0 Å². The molecule has 19 heavy (non-hydrogen) atoms. The van der Waals surface area contributed by atoms with E-state index in [0.717, 1.165) is 37.5 Å². The average molecular weight is 379 g/mol. The molecule has 0 aromatic heterocycles. The van der Waals surface area contributed by atoms with Gasteiger partial charge in [0.2, 0.25) is 0 Å². The molecule has 0 fully saturated rings. The SMILES string of the molecule is CCCCNC(=NCc1ccc(F)cc1)NCC.I. The molecular formula is C14H23FIN3. The molecule has 0 unspecified atom stereocenters. The maximum Gasteiger partial charge on any atom is 0.191 e. The van der Waals surface area contributed by atoms with Crippen LogP contribution in [0.3, 0.4) is 0 Å². The molecule has 0 bridgehead atoms. The van der Waals surface area contributed by atoms with E-state index < -0.39 is 0 Å². The van der Waals surface area contributed by atoms with Gasteiger partial charge in [0.1, 0.15) is 5.82 Å². The first-order valence-electron chi connectivity index (χ1n) is 6.53. The molecule has 0 amide bonds. The fourth-order valence-corrected chi connectivity index (χ4v) is 1.49. The summed E-state index contributed by atoms with van der Waals surface area (Å²) >= 11 is 0. The van der Waals surface area contributed by atoms with Crippen molar-refractivity contribution in [2.45, 2.75) is 33.2 Å². The zero-order valence-electron chi connectivity index (χ0n) is 11.6. The summed E-state index contributed by atoms with van der Waals surface area (Å²) < 4.78 is 12.8. The van der Waals surface area contributed by atoms with Crippen molar-refractivity contribution in [2.24, 2.45) is 4.99 Å². The van der Waals surface area contributed by atoms with Crippen molar-refractivity contribution in [3.05, 3.63) is 35.6 Å². The summed E-state index contributed by atoms with van der Waals surface area (Å²) in [6.45, 7) is 6.51. The van der Waals surface area contributed by atoms with E-state index in [1.807, 2.05) is 6.92 Å². The molecule has 0 saturated heterocycles. The van der Waals surface area contributed by atoms with Gasteiger partial charge < -0.3 is 10.6 Å². The highest BCUT2D eigenvalue weighted by atomic mass is 127. The molecule has 1 rings (SSSR count). The number of rotatable bonds is 6. The van der Waals surface area contributed by atoms with Crippen LogP contribution in [-0.2, 0) is 6.54 Å². The van der Waals surface area contributed by atoms with Gasteiger partial charge in [-0.1, -0.05) is 25.5 Å². The van der Waals surface area contributed by atoms with Gasteiger partial charge in [-0.25, -0.2) is 9.38 Å². The van der Waals surface area contributed by atoms with Crippen LogP contribution in [0.2, 0.25) is 0 Å². The minimum absolute atomic E-state index is 0. The maximum absolute atomic E-state index is 12.8. The largest absolute Gasteiger partial charge is 0.357 e. The molecule has 0 aliphatic heterocycles. The molecule has 3 nitrogen and oxygen atoms in total. The number of halogens is 2. The number of hydrogen-bond donors (Lipinski definition) is 2. The first-order chi connectivity index (χ1) is 8.76. The number of nitrogens with zero attached hydrogens (tertiary/aromatic N) is 1. The lowest BCUT2D eigenvalue weighted by Gasteiger charge is -2.10. The Kier molecular flexibility index (Phi) is 10.5. The Bertz CT molecular complexity index is 365. The first-order valence-corrected chi connectivity index (χ1v) is 6.53. The Morgan fingerprint density at radius 2 is 1.84 bits per heavy atom. The smallest absolute Gasteiger partial charge is 0.191 e. The lowest BCUT2D eigenvalue weighted by molar-refractivity contribution is 0.627. The molecular weight excluding hydrogens is 356 g/mol. The van der Waals surface area contributed by atoms with Crippen LogP contribution in [-0.4, -0.2) is 19.0 Å². The molecule has 1 aromatic rings. The third-order valence-electron chi connectivity index (χ3n) is 2.50. The van der Waals surface area contributed by atoms with Crippen molar-refractivity contribution in [1.82, 2.24) is 10.6 Å². The molecule has 0 heterocycles. The Balaban J connectivity index is 0.00000324. The van der Waals surface area contributed by atoms with Crippen molar-refractivity contribution in [3.8, 4) is 0 Å². The van der Waals surface area contributed by atoms with Crippen LogP contribution in [0.1, 0.15) is 32.3 Å². The lowest BCUT2D eigenvalue weighted by Crippen LogP contribution is -2.37. The van der Waals surface area contributed by atoms with Gasteiger partial charge in [0, 0.05) is 13.1 Å². The van der Waals surface area contributed by atoms with E-state index in [4.69, 9.17) is 0 Å². The molecule has 0 spiro atoms. The predicted molar refractivity (Wildman–Crippen MR) is 89.5 cm³/mol. The normalized spacial score (nSPS) is 10.8. The summed E-state index contributed by atoms with van der Waals surface area (Å²) in [5.74, 6) is 0.603. The zero-order chi connectivity index (χ0) is 13.2. The molecule has 2 N–H and O–H groups in total. The van der Waals surface area contributed by atoms with Gasteiger partial charge >= 0.3 is 0 Å². The molecule has 0 radical (unpaired) electrons. The van der Waals surface area contributed by atoms with Gasteiger partial charge in [0.25, 0.3) is 0 Å².